The molecule has 35 heavy (non-hydrogen) atoms. The third kappa shape index (κ3) is 4.44. The van der Waals surface area contributed by atoms with Crippen LogP contribution in [0.15, 0.2) is 28.6 Å². The number of halogens is 2. The van der Waals surface area contributed by atoms with Crippen LogP contribution in [0.2, 0.25) is 0 Å². The van der Waals surface area contributed by atoms with Crippen LogP contribution in [0.25, 0.3) is 5.70 Å². The van der Waals surface area contributed by atoms with Gasteiger partial charge in [0.1, 0.15) is 11.5 Å². The molecule has 1 aromatic heterocycles. The molecule has 192 valence electrons. The Morgan fingerprint density at radius 3 is 2.51 bits per heavy atom. The summed E-state index contributed by atoms with van der Waals surface area (Å²) in [7, 11) is -3.94. The molecule has 0 aromatic carbocycles. The Bertz CT molecular complexity index is 1210. The lowest BCUT2D eigenvalue weighted by molar-refractivity contribution is -0.120. The molecular formula is C20H28F2N8O3S2. The SMILES string of the molecule is CC1OCC1(C)NS(=O)(=O)C1=CC2=C(c3nnc(C(F)F)s3)NNN2C(N2C[C@H](C)N[C@@H](C)C2)=C1. The average molecular weight is 531 g/mol. The molecule has 0 saturated carbocycles. The second kappa shape index (κ2) is 8.74. The molecule has 11 nitrogen and oxygen atoms in total. The highest BCUT2D eigenvalue weighted by Crippen LogP contribution is 2.36. The minimum Gasteiger partial charge on any atom is -0.374 e. The van der Waals surface area contributed by atoms with Crippen LogP contribution in [0.5, 0.6) is 0 Å². The van der Waals surface area contributed by atoms with Gasteiger partial charge < -0.3 is 15.0 Å². The number of ether oxygens (including phenoxy) is 1. The lowest BCUT2D eigenvalue weighted by Crippen LogP contribution is -2.65. The summed E-state index contributed by atoms with van der Waals surface area (Å²) in [6.07, 6.45) is 0.105. The summed E-state index contributed by atoms with van der Waals surface area (Å²) in [5.74, 6) is 0.618. The maximum absolute atomic E-state index is 13.5. The zero-order chi connectivity index (χ0) is 25.1. The lowest BCUT2D eigenvalue weighted by Gasteiger charge is -2.45. The first kappa shape index (κ1) is 24.5. The molecule has 0 amide bonds. The Balaban J connectivity index is 1.57. The van der Waals surface area contributed by atoms with Crippen LogP contribution in [0.1, 0.15) is 44.1 Å². The van der Waals surface area contributed by atoms with Gasteiger partial charge in [0.2, 0.25) is 10.0 Å². The molecule has 5 rings (SSSR count). The number of rotatable bonds is 6. The fourth-order valence-corrected chi connectivity index (χ4v) is 6.69. The molecule has 4 aliphatic rings. The van der Waals surface area contributed by atoms with Crippen molar-refractivity contribution in [2.24, 2.45) is 0 Å². The average Bonchev–Trinajstić information content (AvgIpc) is 3.43. The zero-order valence-electron chi connectivity index (χ0n) is 19.7. The topological polar surface area (TPSA) is 124 Å². The number of piperazine rings is 1. The number of nitrogens with one attached hydrogen (secondary N) is 4. The van der Waals surface area contributed by atoms with Gasteiger partial charge in [0.15, 0.2) is 10.0 Å². The molecule has 0 aliphatic carbocycles. The van der Waals surface area contributed by atoms with E-state index in [-0.39, 0.29) is 34.7 Å². The van der Waals surface area contributed by atoms with E-state index < -0.39 is 27.0 Å². The van der Waals surface area contributed by atoms with Gasteiger partial charge in [-0.15, -0.1) is 15.7 Å². The molecule has 5 heterocycles. The number of fused-ring (bicyclic) bond motifs is 1. The molecule has 15 heteroatoms. The van der Waals surface area contributed by atoms with Crippen LogP contribution in [0.3, 0.4) is 0 Å². The van der Waals surface area contributed by atoms with E-state index >= 15 is 0 Å². The molecule has 2 unspecified atom stereocenters. The van der Waals surface area contributed by atoms with Crippen molar-refractivity contribution in [3.63, 3.8) is 0 Å². The van der Waals surface area contributed by atoms with Gasteiger partial charge in [-0.3, -0.25) is 5.43 Å². The predicted molar refractivity (Wildman–Crippen MR) is 126 cm³/mol. The number of hydrogen-bond donors (Lipinski definition) is 4. The standard InChI is InChI=1S/C20H28F2N8O3S2/c1-10-7-29(8-11(2)23-10)15-6-13(35(31,32)27-20(4)9-33-12(20)3)5-14-16(24-28-30(14)15)18-25-26-19(34-18)17(21)22/h5-6,10-12,17,23-24,27-28H,7-9H2,1-4H3/t10-,11-,12?,20?/m0/s1. The molecule has 0 radical (unpaired) electrons. The van der Waals surface area contributed by atoms with Crippen molar-refractivity contribution in [2.45, 2.75) is 57.8 Å². The van der Waals surface area contributed by atoms with Crippen molar-refractivity contribution < 1.29 is 21.9 Å². The monoisotopic (exact) mass is 530 g/mol. The predicted octanol–water partition coefficient (Wildman–Crippen LogP) is 0.987. The fourth-order valence-electron chi connectivity index (χ4n) is 4.50. The summed E-state index contributed by atoms with van der Waals surface area (Å²) in [5, 5.41) is 12.5. The highest BCUT2D eigenvalue weighted by molar-refractivity contribution is 7.93. The van der Waals surface area contributed by atoms with Gasteiger partial charge in [-0.1, -0.05) is 11.3 Å². The number of hydrazine groups is 2. The zero-order valence-corrected chi connectivity index (χ0v) is 21.3. The maximum Gasteiger partial charge on any atom is 0.291 e. The van der Waals surface area contributed by atoms with Crippen LogP contribution in [-0.2, 0) is 14.8 Å². The van der Waals surface area contributed by atoms with Crippen molar-refractivity contribution >= 4 is 27.1 Å². The molecule has 2 saturated heterocycles. The number of allylic oxidation sites excluding steroid dienone is 2. The van der Waals surface area contributed by atoms with E-state index in [2.05, 4.69) is 49.9 Å². The van der Waals surface area contributed by atoms with E-state index in [1.54, 1.807) is 18.0 Å². The fraction of sp³-hybridized carbons (Fsp3) is 0.600. The first-order valence-electron chi connectivity index (χ1n) is 11.2. The Kier molecular flexibility index (Phi) is 6.12. The number of alkyl halides is 2. The molecule has 1 aromatic rings. The van der Waals surface area contributed by atoms with E-state index in [4.69, 9.17) is 4.74 Å². The smallest absolute Gasteiger partial charge is 0.291 e. The quantitative estimate of drug-likeness (QED) is 0.423. The van der Waals surface area contributed by atoms with Gasteiger partial charge in [0.25, 0.3) is 6.43 Å². The van der Waals surface area contributed by atoms with Crippen molar-refractivity contribution in [3.8, 4) is 0 Å². The maximum atomic E-state index is 13.5. The lowest BCUT2D eigenvalue weighted by atomic mass is 9.93. The van der Waals surface area contributed by atoms with E-state index in [0.29, 0.717) is 30.3 Å². The Hall–Kier alpha value is -2.17. The summed E-state index contributed by atoms with van der Waals surface area (Å²) in [5.41, 5.74) is 6.08. The van der Waals surface area contributed by atoms with Gasteiger partial charge >= 0.3 is 0 Å². The third-order valence-electron chi connectivity index (χ3n) is 6.50. The van der Waals surface area contributed by atoms with Gasteiger partial charge in [-0.2, -0.15) is 0 Å². The van der Waals surface area contributed by atoms with Crippen molar-refractivity contribution in [1.82, 2.24) is 41.1 Å². The Morgan fingerprint density at radius 2 is 1.94 bits per heavy atom. The van der Waals surface area contributed by atoms with E-state index in [1.165, 1.54) is 6.08 Å². The number of aromatic nitrogens is 2. The number of hydrogen-bond acceptors (Lipinski definition) is 11. The highest BCUT2D eigenvalue weighted by Gasteiger charge is 2.46. The molecule has 4 atom stereocenters. The molecule has 0 bridgehead atoms. The molecule has 0 spiro atoms. The number of nitrogens with zero attached hydrogens (tertiary/aromatic N) is 4. The van der Waals surface area contributed by atoms with Crippen LogP contribution >= 0.6 is 11.3 Å². The van der Waals surface area contributed by atoms with Crippen molar-refractivity contribution in [3.05, 3.63) is 38.6 Å². The van der Waals surface area contributed by atoms with Crippen molar-refractivity contribution in [1.29, 1.82) is 0 Å². The molecular weight excluding hydrogens is 502 g/mol. The minimum atomic E-state index is -3.94. The molecule has 4 N–H and O–H groups in total. The van der Waals surface area contributed by atoms with E-state index in [9.17, 15) is 17.2 Å². The van der Waals surface area contributed by atoms with Gasteiger partial charge in [0.05, 0.1) is 28.9 Å². The van der Waals surface area contributed by atoms with Gasteiger partial charge in [-0.05, 0) is 33.8 Å². The van der Waals surface area contributed by atoms with Gasteiger partial charge in [-0.25, -0.2) is 26.9 Å². The summed E-state index contributed by atoms with van der Waals surface area (Å²) in [4.78, 5) is 2.15. The van der Waals surface area contributed by atoms with Crippen LogP contribution in [-0.4, -0.2) is 71.9 Å². The summed E-state index contributed by atoms with van der Waals surface area (Å²) in [6.45, 7) is 9.30. The first-order valence-corrected chi connectivity index (χ1v) is 13.5. The largest absolute Gasteiger partial charge is 0.374 e. The van der Waals surface area contributed by atoms with Crippen molar-refractivity contribution in [2.75, 3.05) is 19.7 Å². The first-order chi connectivity index (χ1) is 16.5. The normalized spacial score (nSPS) is 31.2. The summed E-state index contributed by atoms with van der Waals surface area (Å²) >= 11 is 0.750. The minimum absolute atomic E-state index is 0.0551. The van der Waals surface area contributed by atoms with Crippen LogP contribution in [0.4, 0.5) is 8.78 Å². The molecule has 4 aliphatic heterocycles. The van der Waals surface area contributed by atoms with E-state index in [1.807, 2.05) is 6.92 Å². The summed E-state index contributed by atoms with van der Waals surface area (Å²) in [6, 6.07) is 0.352. The van der Waals surface area contributed by atoms with Crippen LogP contribution in [0, 0.1) is 0 Å². The van der Waals surface area contributed by atoms with E-state index in [0.717, 1.165) is 11.3 Å². The molecule has 2 fully saturated rings. The number of sulfonamides is 1. The second-order valence-electron chi connectivity index (χ2n) is 9.48. The Labute approximate surface area is 206 Å². The Morgan fingerprint density at radius 1 is 1.23 bits per heavy atom. The van der Waals surface area contributed by atoms with Gasteiger partial charge in [0, 0.05) is 31.2 Å². The third-order valence-corrected chi connectivity index (χ3v) is 9.04. The summed E-state index contributed by atoms with van der Waals surface area (Å²) < 4.78 is 61.5. The van der Waals surface area contributed by atoms with Crippen LogP contribution < -0.4 is 21.0 Å². The highest BCUT2D eigenvalue weighted by atomic mass is 32.2. The second-order valence-corrected chi connectivity index (χ2v) is 12.2.